The van der Waals surface area contributed by atoms with E-state index < -0.39 is 0 Å². The van der Waals surface area contributed by atoms with Crippen LogP contribution in [0.3, 0.4) is 0 Å². The van der Waals surface area contributed by atoms with Gasteiger partial charge in [0.25, 0.3) is 0 Å². The van der Waals surface area contributed by atoms with E-state index in [1.54, 1.807) is 7.11 Å². The molecular formula is C24H39N5O3. The molecule has 2 N–H and O–H groups in total. The molecule has 0 aliphatic heterocycles. The molecule has 32 heavy (non-hydrogen) atoms. The Bertz CT molecular complexity index is 864. The third kappa shape index (κ3) is 7.84. The smallest absolute Gasteiger partial charge is 0.191 e. The van der Waals surface area contributed by atoms with Gasteiger partial charge >= 0.3 is 0 Å². The van der Waals surface area contributed by atoms with Gasteiger partial charge in [-0.1, -0.05) is 12.1 Å². The van der Waals surface area contributed by atoms with Gasteiger partial charge in [-0.25, -0.2) is 4.99 Å². The highest BCUT2D eigenvalue weighted by molar-refractivity contribution is 5.79. The molecule has 2 rings (SSSR count). The fraction of sp³-hybridized carbons (Fsp3) is 0.583. The molecule has 0 aliphatic rings. The summed E-state index contributed by atoms with van der Waals surface area (Å²) in [6.07, 6.45) is 0. The zero-order chi connectivity index (χ0) is 23.3. The van der Waals surface area contributed by atoms with Crippen molar-refractivity contribution in [2.45, 2.75) is 54.3 Å². The topological polar surface area (TPSA) is 81.9 Å². The van der Waals surface area contributed by atoms with Crippen molar-refractivity contribution < 1.29 is 14.2 Å². The Balaban J connectivity index is 2.07. The second-order valence-electron chi connectivity index (χ2n) is 7.57. The van der Waals surface area contributed by atoms with Crippen molar-refractivity contribution in [2.24, 2.45) is 4.99 Å². The second kappa shape index (κ2) is 13.8. The van der Waals surface area contributed by atoms with Crippen molar-refractivity contribution >= 4 is 5.96 Å². The highest BCUT2D eigenvalue weighted by Crippen LogP contribution is 2.21. The SMILES string of the molecule is CCNC(=NCc1ccc(C)cc1OCCOCC)NCc1c(C)nn(CCOC)c1C. The number of aliphatic imine (C=N–C) groups is 1. The number of hydrogen-bond donors (Lipinski definition) is 2. The fourth-order valence-electron chi connectivity index (χ4n) is 3.35. The summed E-state index contributed by atoms with van der Waals surface area (Å²) in [7, 11) is 1.71. The van der Waals surface area contributed by atoms with Crippen molar-refractivity contribution in [1.82, 2.24) is 20.4 Å². The summed E-state index contributed by atoms with van der Waals surface area (Å²) in [6, 6.07) is 6.21. The van der Waals surface area contributed by atoms with E-state index in [0.717, 1.165) is 47.3 Å². The molecule has 0 saturated carbocycles. The minimum Gasteiger partial charge on any atom is -0.491 e. The number of methoxy groups -OCH3 is 1. The summed E-state index contributed by atoms with van der Waals surface area (Å²) >= 11 is 0. The van der Waals surface area contributed by atoms with Crippen molar-refractivity contribution in [3.05, 3.63) is 46.3 Å². The van der Waals surface area contributed by atoms with Crippen LogP contribution in [-0.4, -0.2) is 55.8 Å². The normalized spacial score (nSPS) is 11.6. The number of guanidine groups is 1. The molecule has 8 nitrogen and oxygen atoms in total. The van der Waals surface area contributed by atoms with Gasteiger partial charge in [0.05, 0.1) is 32.0 Å². The Hall–Kier alpha value is -2.58. The summed E-state index contributed by atoms with van der Waals surface area (Å²) < 4.78 is 18.5. The number of benzene rings is 1. The number of aryl methyl sites for hydroxylation is 2. The van der Waals surface area contributed by atoms with Crippen LogP contribution >= 0.6 is 0 Å². The first-order chi connectivity index (χ1) is 15.5. The summed E-state index contributed by atoms with van der Waals surface area (Å²) in [4.78, 5) is 4.79. The lowest BCUT2D eigenvalue weighted by atomic mass is 10.1. The predicted molar refractivity (Wildman–Crippen MR) is 128 cm³/mol. The molecule has 1 aromatic heterocycles. The van der Waals surface area contributed by atoms with Crippen LogP contribution in [0.25, 0.3) is 0 Å². The molecule has 178 valence electrons. The minimum atomic E-state index is 0.518. The van der Waals surface area contributed by atoms with Gasteiger partial charge in [0.1, 0.15) is 12.4 Å². The van der Waals surface area contributed by atoms with Crippen LogP contribution in [-0.2, 0) is 29.1 Å². The van der Waals surface area contributed by atoms with Gasteiger partial charge in [-0.05, 0) is 46.2 Å². The maximum absolute atomic E-state index is 5.95. The van der Waals surface area contributed by atoms with E-state index in [0.29, 0.717) is 39.5 Å². The average Bonchev–Trinajstić information content (AvgIpc) is 3.05. The van der Waals surface area contributed by atoms with Gasteiger partial charge < -0.3 is 24.8 Å². The number of aromatic nitrogens is 2. The Labute approximate surface area is 192 Å². The first-order valence-corrected chi connectivity index (χ1v) is 11.3. The molecule has 0 bridgehead atoms. The second-order valence-corrected chi connectivity index (χ2v) is 7.57. The van der Waals surface area contributed by atoms with E-state index in [1.807, 2.05) is 18.5 Å². The lowest BCUT2D eigenvalue weighted by molar-refractivity contribution is 0.110. The highest BCUT2D eigenvalue weighted by atomic mass is 16.5. The number of ether oxygens (including phenoxy) is 3. The van der Waals surface area contributed by atoms with E-state index in [1.165, 1.54) is 5.56 Å². The van der Waals surface area contributed by atoms with Gasteiger partial charge in [-0.2, -0.15) is 5.10 Å². The van der Waals surface area contributed by atoms with Crippen LogP contribution in [0, 0.1) is 20.8 Å². The number of rotatable bonds is 13. The van der Waals surface area contributed by atoms with E-state index >= 15 is 0 Å². The molecular weight excluding hydrogens is 406 g/mol. The lowest BCUT2D eigenvalue weighted by Crippen LogP contribution is -2.37. The largest absolute Gasteiger partial charge is 0.491 e. The van der Waals surface area contributed by atoms with Crippen LogP contribution in [0.5, 0.6) is 5.75 Å². The number of hydrogen-bond acceptors (Lipinski definition) is 5. The summed E-state index contributed by atoms with van der Waals surface area (Å²) in [5, 5.41) is 11.4. The maximum Gasteiger partial charge on any atom is 0.191 e. The molecule has 0 spiro atoms. The average molecular weight is 446 g/mol. The standard InChI is InChI=1S/C24H39N5O3/c1-7-25-24(27-17-22-19(4)28-29(20(22)5)11-12-30-6)26-16-21-10-9-18(3)15-23(21)32-14-13-31-8-2/h9-10,15H,7-8,11-14,16-17H2,1-6H3,(H2,25,26,27). The van der Waals surface area contributed by atoms with Crippen molar-refractivity contribution in [3.8, 4) is 5.75 Å². The van der Waals surface area contributed by atoms with Crippen LogP contribution in [0.15, 0.2) is 23.2 Å². The Morgan fingerprint density at radius 2 is 1.91 bits per heavy atom. The zero-order valence-electron chi connectivity index (χ0n) is 20.5. The molecule has 0 amide bonds. The molecule has 1 aromatic carbocycles. The van der Waals surface area contributed by atoms with Gasteiger partial charge in [-0.15, -0.1) is 0 Å². The molecule has 0 unspecified atom stereocenters. The molecule has 0 atom stereocenters. The van der Waals surface area contributed by atoms with Gasteiger partial charge in [0, 0.05) is 43.6 Å². The monoisotopic (exact) mass is 445 g/mol. The zero-order valence-corrected chi connectivity index (χ0v) is 20.5. The molecule has 1 heterocycles. The Kier molecular flexibility index (Phi) is 11.0. The molecule has 2 aromatic rings. The van der Waals surface area contributed by atoms with Gasteiger partial charge in [0.2, 0.25) is 0 Å². The predicted octanol–water partition coefficient (Wildman–Crippen LogP) is 3.13. The third-order valence-corrected chi connectivity index (χ3v) is 5.13. The van der Waals surface area contributed by atoms with Crippen molar-refractivity contribution in [2.75, 3.05) is 40.1 Å². The quantitative estimate of drug-likeness (QED) is 0.280. The Morgan fingerprint density at radius 3 is 2.62 bits per heavy atom. The molecule has 0 radical (unpaired) electrons. The van der Waals surface area contributed by atoms with Gasteiger partial charge in [-0.3, -0.25) is 4.68 Å². The maximum atomic E-state index is 5.95. The molecule has 0 saturated heterocycles. The van der Waals surface area contributed by atoms with E-state index in [2.05, 4.69) is 54.7 Å². The van der Waals surface area contributed by atoms with E-state index in [-0.39, 0.29) is 0 Å². The summed E-state index contributed by atoms with van der Waals surface area (Å²) in [5.41, 5.74) is 5.55. The van der Waals surface area contributed by atoms with Crippen molar-refractivity contribution in [1.29, 1.82) is 0 Å². The fourth-order valence-corrected chi connectivity index (χ4v) is 3.35. The van der Waals surface area contributed by atoms with Crippen molar-refractivity contribution in [3.63, 3.8) is 0 Å². The highest BCUT2D eigenvalue weighted by Gasteiger charge is 2.12. The molecule has 0 fully saturated rings. The van der Waals surface area contributed by atoms with Crippen LogP contribution < -0.4 is 15.4 Å². The lowest BCUT2D eigenvalue weighted by Gasteiger charge is -2.14. The van der Waals surface area contributed by atoms with E-state index in [4.69, 9.17) is 19.2 Å². The van der Waals surface area contributed by atoms with Crippen LogP contribution in [0.4, 0.5) is 0 Å². The molecule has 0 aliphatic carbocycles. The first kappa shape index (κ1) is 25.7. The summed E-state index contributed by atoms with van der Waals surface area (Å²) in [5.74, 6) is 1.62. The number of nitrogens with one attached hydrogen (secondary N) is 2. The van der Waals surface area contributed by atoms with Crippen LogP contribution in [0.2, 0.25) is 0 Å². The van der Waals surface area contributed by atoms with E-state index in [9.17, 15) is 0 Å². The van der Waals surface area contributed by atoms with Crippen LogP contribution in [0.1, 0.15) is 41.9 Å². The molecule has 8 heteroatoms. The Morgan fingerprint density at radius 1 is 1.09 bits per heavy atom. The third-order valence-electron chi connectivity index (χ3n) is 5.13. The number of nitrogens with zero attached hydrogens (tertiary/aromatic N) is 3. The first-order valence-electron chi connectivity index (χ1n) is 11.3. The summed E-state index contributed by atoms with van der Waals surface area (Å²) in [6.45, 7) is 15.4. The minimum absolute atomic E-state index is 0.518. The van der Waals surface area contributed by atoms with Gasteiger partial charge in [0.15, 0.2) is 5.96 Å².